The fourth-order valence-corrected chi connectivity index (χ4v) is 5.45. The SMILES string of the molecule is CCc1ccccc1NC(=O)CCS(=O)(=O)c1ccc2c(c1)NC(=O)C[C@H](C)S2. The van der Waals surface area contributed by atoms with Gasteiger partial charge in [0.25, 0.3) is 0 Å². The first kappa shape index (κ1) is 21.4. The summed E-state index contributed by atoms with van der Waals surface area (Å²) in [7, 11) is -3.66. The Kier molecular flexibility index (Phi) is 6.64. The van der Waals surface area contributed by atoms with Crippen LogP contribution in [-0.2, 0) is 25.8 Å². The molecule has 1 aliphatic rings. The molecule has 2 aromatic rings. The highest BCUT2D eigenvalue weighted by atomic mass is 32.2. The fraction of sp³-hybridized carbons (Fsp3) is 0.333. The Bertz CT molecular complexity index is 1030. The summed E-state index contributed by atoms with van der Waals surface area (Å²) in [6.07, 6.45) is 1.00. The van der Waals surface area contributed by atoms with Crippen LogP contribution in [0.4, 0.5) is 11.4 Å². The first-order chi connectivity index (χ1) is 13.8. The van der Waals surface area contributed by atoms with Crippen LogP contribution in [0, 0.1) is 0 Å². The summed E-state index contributed by atoms with van der Waals surface area (Å²) in [6, 6.07) is 12.2. The number of sulfone groups is 1. The van der Waals surface area contributed by atoms with Gasteiger partial charge in [0.2, 0.25) is 11.8 Å². The van der Waals surface area contributed by atoms with Gasteiger partial charge in [-0.3, -0.25) is 9.59 Å². The van der Waals surface area contributed by atoms with Gasteiger partial charge in [-0.1, -0.05) is 32.0 Å². The molecule has 6 nitrogen and oxygen atoms in total. The van der Waals surface area contributed by atoms with Gasteiger partial charge in [-0.05, 0) is 36.2 Å². The molecule has 29 heavy (non-hydrogen) atoms. The normalized spacial score (nSPS) is 16.5. The summed E-state index contributed by atoms with van der Waals surface area (Å²) >= 11 is 1.54. The number of fused-ring (bicyclic) bond motifs is 1. The quantitative estimate of drug-likeness (QED) is 0.723. The second-order valence-electron chi connectivity index (χ2n) is 6.97. The summed E-state index contributed by atoms with van der Waals surface area (Å²) in [5.74, 6) is -0.780. The minimum atomic E-state index is -3.66. The average Bonchev–Trinajstić information content (AvgIpc) is 2.82. The number of nitrogens with one attached hydrogen (secondary N) is 2. The van der Waals surface area contributed by atoms with Gasteiger partial charge < -0.3 is 10.6 Å². The van der Waals surface area contributed by atoms with Gasteiger partial charge in [0.1, 0.15) is 0 Å². The zero-order valence-electron chi connectivity index (χ0n) is 16.4. The van der Waals surface area contributed by atoms with Gasteiger partial charge in [0.05, 0.1) is 16.3 Å². The highest BCUT2D eigenvalue weighted by Crippen LogP contribution is 2.36. The van der Waals surface area contributed by atoms with Gasteiger partial charge >= 0.3 is 0 Å². The number of thioether (sulfide) groups is 1. The van der Waals surface area contributed by atoms with Crippen molar-refractivity contribution >= 4 is 44.8 Å². The molecule has 0 radical (unpaired) electrons. The standard InChI is InChI=1S/C21H24N2O4S2/c1-3-15-6-4-5-7-17(15)22-20(24)10-11-29(26,27)16-8-9-19-18(13-16)23-21(25)12-14(2)28-19/h4-9,13-14H,3,10-12H2,1-2H3,(H,22,24)(H,23,25)/t14-/m0/s1. The molecule has 1 aliphatic heterocycles. The van der Waals surface area contributed by atoms with Crippen LogP contribution in [0.15, 0.2) is 52.3 Å². The van der Waals surface area contributed by atoms with Gasteiger partial charge in [-0.2, -0.15) is 0 Å². The van der Waals surface area contributed by atoms with E-state index in [0.29, 0.717) is 17.8 Å². The Morgan fingerprint density at radius 2 is 2.00 bits per heavy atom. The summed E-state index contributed by atoms with van der Waals surface area (Å²) in [5.41, 5.74) is 2.21. The van der Waals surface area contributed by atoms with Gasteiger partial charge in [0.15, 0.2) is 9.84 Å². The van der Waals surface area contributed by atoms with Crippen molar-refractivity contribution in [1.82, 2.24) is 0 Å². The van der Waals surface area contributed by atoms with Crippen molar-refractivity contribution in [2.45, 2.75) is 48.2 Å². The molecular weight excluding hydrogens is 408 g/mol. The summed E-state index contributed by atoms with van der Waals surface area (Å²) in [4.78, 5) is 25.2. The van der Waals surface area contributed by atoms with E-state index in [2.05, 4.69) is 10.6 Å². The Balaban J connectivity index is 1.70. The molecule has 1 heterocycles. The number of carbonyl (C=O) groups is 2. The van der Waals surface area contributed by atoms with Crippen LogP contribution in [0.3, 0.4) is 0 Å². The third kappa shape index (κ3) is 5.39. The summed E-state index contributed by atoms with van der Waals surface area (Å²) in [6.45, 7) is 3.95. The highest BCUT2D eigenvalue weighted by molar-refractivity contribution is 8.00. The van der Waals surface area contributed by atoms with Crippen molar-refractivity contribution in [1.29, 1.82) is 0 Å². The molecule has 2 N–H and O–H groups in total. The number of anilines is 2. The van der Waals surface area contributed by atoms with Crippen molar-refractivity contribution in [2.24, 2.45) is 0 Å². The maximum absolute atomic E-state index is 12.7. The van der Waals surface area contributed by atoms with Crippen molar-refractivity contribution in [3.63, 3.8) is 0 Å². The molecule has 2 aromatic carbocycles. The van der Waals surface area contributed by atoms with Crippen LogP contribution in [0.5, 0.6) is 0 Å². The molecule has 0 saturated heterocycles. The number of hydrogen-bond acceptors (Lipinski definition) is 5. The molecule has 0 spiro atoms. The second kappa shape index (κ2) is 9.00. The molecule has 2 amide bonds. The van der Waals surface area contributed by atoms with E-state index < -0.39 is 9.84 Å². The Morgan fingerprint density at radius 1 is 1.24 bits per heavy atom. The lowest BCUT2D eigenvalue weighted by Gasteiger charge is -2.11. The number of para-hydroxylation sites is 1. The Labute approximate surface area is 175 Å². The second-order valence-corrected chi connectivity index (χ2v) is 10.6. The van der Waals surface area contributed by atoms with E-state index in [1.165, 1.54) is 23.9 Å². The monoisotopic (exact) mass is 432 g/mol. The number of benzene rings is 2. The highest BCUT2D eigenvalue weighted by Gasteiger charge is 2.23. The molecule has 0 aromatic heterocycles. The van der Waals surface area contributed by atoms with Gasteiger partial charge in [-0.25, -0.2) is 8.42 Å². The molecule has 0 unspecified atom stereocenters. The summed E-state index contributed by atoms with van der Waals surface area (Å²) < 4.78 is 25.5. The van der Waals surface area contributed by atoms with Crippen LogP contribution < -0.4 is 10.6 Å². The largest absolute Gasteiger partial charge is 0.326 e. The first-order valence-corrected chi connectivity index (χ1v) is 12.0. The van der Waals surface area contributed by atoms with Crippen LogP contribution in [0.25, 0.3) is 0 Å². The number of carbonyl (C=O) groups excluding carboxylic acids is 2. The molecular formula is C21H24N2O4S2. The van der Waals surface area contributed by atoms with Crippen molar-refractivity contribution in [2.75, 3.05) is 16.4 Å². The zero-order valence-corrected chi connectivity index (χ0v) is 18.0. The predicted molar refractivity (Wildman–Crippen MR) is 116 cm³/mol. The molecule has 154 valence electrons. The molecule has 0 fully saturated rings. The average molecular weight is 433 g/mol. The minimum absolute atomic E-state index is 0.105. The lowest BCUT2D eigenvalue weighted by molar-refractivity contribution is -0.116. The van der Waals surface area contributed by atoms with E-state index in [1.54, 1.807) is 12.1 Å². The molecule has 0 aliphatic carbocycles. The zero-order chi connectivity index (χ0) is 21.0. The Hall–Kier alpha value is -2.32. The van der Waals surface area contributed by atoms with Crippen molar-refractivity contribution in [3.8, 4) is 0 Å². The maximum atomic E-state index is 12.7. The number of aryl methyl sites for hydroxylation is 1. The van der Waals surface area contributed by atoms with E-state index in [4.69, 9.17) is 0 Å². The van der Waals surface area contributed by atoms with Crippen LogP contribution in [0.1, 0.15) is 32.3 Å². The predicted octanol–water partition coefficient (Wildman–Crippen LogP) is 3.87. The minimum Gasteiger partial charge on any atom is -0.326 e. The van der Waals surface area contributed by atoms with Crippen LogP contribution in [0.2, 0.25) is 0 Å². The summed E-state index contributed by atoms with van der Waals surface area (Å²) in [5, 5.41) is 5.68. The van der Waals surface area contributed by atoms with E-state index >= 15 is 0 Å². The third-order valence-corrected chi connectivity index (χ3v) is 7.55. The lowest BCUT2D eigenvalue weighted by atomic mass is 10.1. The molecule has 3 rings (SSSR count). The smallest absolute Gasteiger partial charge is 0.225 e. The van der Waals surface area contributed by atoms with Gasteiger partial charge in [0, 0.05) is 28.7 Å². The molecule has 0 saturated carbocycles. The van der Waals surface area contributed by atoms with Gasteiger partial charge in [-0.15, -0.1) is 11.8 Å². The van der Waals surface area contributed by atoms with E-state index in [9.17, 15) is 18.0 Å². The maximum Gasteiger partial charge on any atom is 0.225 e. The number of rotatable bonds is 6. The lowest BCUT2D eigenvalue weighted by Crippen LogP contribution is -2.18. The van der Waals surface area contributed by atoms with E-state index in [-0.39, 0.29) is 34.1 Å². The molecule has 8 heteroatoms. The topological polar surface area (TPSA) is 92.3 Å². The van der Waals surface area contributed by atoms with Crippen LogP contribution >= 0.6 is 11.8 Å². The van der Waals surface area contributed by atoms with E-state index in [0.717, 1.165) is 16.9 Å². The Morgan fingerprint density at radius 3 is 2.76 bits per heavy atom. The number of amides is 2. The van der Waals surface area contributed by atoms with Crippen molar-refractivity contribution in [3.05, 3.63) is 48.0 Å². The van der Waals surface area contributed by atoms with Crippen molar-refractivity contribution < 1.29 is 18.0 Å². The third-order valence-electron chi connectivity index (χ3n) is 4.66. The fourth-order valence-electron chi connectivity index (χ4n) is 3.13. The molecule has 1 atom stereocenters. The number of hydrogen-bond donors (Lipinski definition) is 2. The van der Waals surface area contributed by atoms with Crippen LogP contribution in [-0.4, -0.2) is 31.2 Å². The first-order valence-electron chi connectivity index (χ1n) is 9.49. The molecule has 0 bridgehead atoms. The van der Waals surface area contributed by atoms with E-state index in [1.807, 2.05) is 32.0 Å².